The Hall–Kier alpha value is -1.39. The lowest BCUT2D eigenvalue weighted by molar-refractivity contribution is 0.0990. The Labute approximate surface area is 125 Å². The van der Waals surface area contributed by atoms with Crippen LogP contribution in [0.1, 0.15) is 17.3 Å². The van der Waals surface area contributed by atoms with E-state index in [1.54, 1.807) is 31.2 Å². The van der Waals surface area contributed by atoms with Gasteiger partial charge in [0.2, 0.25) is 0 Å². The summed E-state index contributed by atoms with van der Waals surface area (Å²) < 4.78 is 26.4. The monoisotopic (exact) mass is 312 g/mol. The average molecular weight is 313 g/mol. The Morgan fingerprint density at radius 2 is 1.80 bits per heavy atom. The van der Waals surface area contributed by atoms with Gasteiger partial charge < -0.3 is 0 Å². The molecule has 1 atom stereocenters. The first-order valence-corrected chi connectivity index (χ1v) is 7.14. The van der Waals surface area contributed by atoms with Gasteiger partial charge in [0.25, 0.3) is 0 Å². The molecule has 2 aromatic rings. The number of ketones is 1. The van der Waals surface area contributed by atoms with Crippen LogP contribution < -0.4 is 0 Å². The van der Waals surface area contributed by atoms with Crippen LogP contribution in [0.2, 0.25) is 5.02 Å². The second-order valence-electron chi connectivity index (χ2n) is 4.20. The van der Waals surface area contributed by atoms with Gasteiger partial charge in [-0.15, -0.1) is 11.8 Å². The van der Waals surface area contributed by atoms with E-state index in [0.717, 1.165) is 11.0 Å². The molecule has 0 saturated carbocycles. The molecule has 0 aliphatic carbocycles. The number of carbonyl (C=O) groups is 1. The zero-order chi connectivity index (χ0) is 14.7. The molecular weight excluding hydrogens is 302 g/mol. The van der Waals surface area contributed by atoms with Gasteiger partial charge in [0, 0.05) is 16.0 Å². The van der Waals surface area contributed by atoms with Gasteiger partial charge in [0.15, 0.2) is 5.78 Å². The Bertz CT molecular complexity index is 628. The largest absolute Gasteiger partial charge is 0.293 e. The van der Waals surface area contributed by atoms with Crippen molar-refractivity contribution in [3.8, 4) is 0 Å². The summed E-state index contributed by atoms with van der Waals surface area (Å²) >= 11 is 7.08. The molecule has 0 aliphatic rings. The molecule has 0 spiro atoms. The lowest BCUT2D eigenvalue weighted by atomic mass is 10.1. The van der Waals surface area contributed by atoms with Crippen molar-refractivity contribution in [2.45, 2.75) is 17.1 Å². The minimum absolute atomic E-state index is 0.0969. The highest BCUT2D eigenvalue weighted by molar-refractivity contribution is 8.00. The summed E-state index contributed by atoms with van der Waals surface area (Å²) in [5.74, 6) is -1.90. The van der Waals surface area contributed by atoms with E-state index in [1.807, 2.05) is 0 Å². The van der Waals surface area contributed by atoms with Crippen molar-refractivity contribution in [2.24, 2.45) is 0 Å². The summed E-state index contributed by atoms with van der Waals surface area (Å²) in [5.41, 5.74) is -0.0969. The van der Waals surface area contributed by atoms with Crippen molar-refractivity contribution in [1.82, 2.24) is 0 Å². The molecule has 0 fully saturated rings. The van der Waals surface area contributed by atoms with Gasteiger partial charge in [-0.05, 0) is 43.3 Å². The van der Waals surface area contributed by atoms with Gasteiger partial charge in [0.1, 0.15) is 11.6 Å². The summed E-state index contributed by atoms with van der Waals surface area (Å²) in [7, 11) is 0. The van der Waals surface area contributed by atoms with E-state index in [-0.39, 0.29) is 11.3 Å². The number of carbonyl (C=O) groups excluding carboxylic acids is 1. The van der Waals surface area contributed by atoms with E-state index in [2.05, 4.69) is 0 Å². The second-order valence-corrected chi connectivity index (χ2v) is 6.05. The Kier molecular flexibility index (Phi) is 4.78. The summed E-state index contributed by atoms with van der Waals surface area (Å²) in [6.45, 7) is 1.68. The zero-order valence-corrected chi connectivity index (χ0v) is 12.1. The zero-order valence-electron chi connectivity index (χ0n) is 10.6. The number of thioether (sulfide) groups is 1. The van der Waals surface area contributed by atoms with E-state index in [4.69, 9.17) is 11.6 Å². The molecule has 0 amide bonds. The third-order valence-corrected chi connectivity index (χ3v) is 4.06. The lowest BCUT2D eigenvalue weighted by Gasteiger charge is -2.11. The smallest absolute Gasteiger partial charge is 0.178 e. The van der Waals surface area contributed by atoms with E-state index < -0.39 is 16.9 Å². The highest BCUT2D eigenvalue weighted by atomic mass is 35.5. The Morgan fingerprint density at radius 1 is 1.15 bits per heavy atom. The number of hydrogen-bond donors (Lipinski definition) is 0. The van der Waals surface area contributed by atoms with Crippen molar-refractivity contribution in [1.29, 1.82) is 0 Å². The number of halogens is 3. The van der Waals surface area contributed by atoms with E-state index in [1.165, 1.54) is 17.8 Å². The molecule has 20 heavy (non-hydrogen) atoms. The second kappa shape index (κ2) is 6.37. The van der Waals surface area contributed by atoms with Crippen molar-refractivity contribution in [3.63, 3.8) is 0 Å². The van der Waals surface area contributed by atoms with Crippen LogP contribution in [0.5, 0.6) is 0 Å². The first-order chi connectivity index (χ1) is 9.47. The quantitative estimate of drug-likeness (QED) is 0.585. The fraction of sp³-hybridized carbons (Fsp3) is 0.133. The fourth-order valence-electron chi connectivity index (χ4n) is 1.68. The topological polar surface area (TPSA) is 17.1 Å². The van der Waals surface area contributed by atoms with Crippen LogP contribution >= 0.6 is 23.4 Å². The number of rotatable bonds is 4. The minimum atomic E-state index is -0.835. The molecule has 0 radical (unpaired) electrons. The van der Waals surface area contributed by atoms with Crippen LogP contribution in [-0.4, -0.2) is 11.0 Å². The van der Waals surface area contributed by atoms with Crippen LogP contribution in [0.3, 0.4) is 0 Å². The molecule has 0 bridgehead atoms. The summed E-state index contributed by atoms with van der Waals surface area (Å²) in [6, 6.07) is 9.99. The van der Waals surface area contributed by atoms with Gasteiger partial charge in [-0.25, -0.2) is 8.78 Å². The molecule has 0 aliphatic heterocycles. The first-order valence-electron chi connectivity index (χ1n) is 5.89. The molecule has 0 aromatic heterocycles. The van der Waals surface area contributed by atoms with E-state index >= 15 is 0 Å². The van der Waals surface area contributed by atoms with Crippen molar-refractivity contribution < 1.29 is 13.6 Å². The molecule has 1 unspecified atom stereocenters. The molecule has 5 heteroatoms. The maximum Gasteiger partial charge on any atom is 0.178 e. The average Bonchev–Trinajstić information content (AvgIpc) is 2.40. The number of hydrogen-bond acceptors (Lipinski definition) is 2. The van der Waals surface area contributed by atoms with Gasteiger partial charge >= 0.3 is 0 Å². The molecule has 104 valence electrons. The van der Waals surface area contributed by atoms with Crippen molar-refractivity contribution in [3.05, 3.63) is 64.7 Å². The SMILES string of the molecule is CC(Sc1ccc(Cl)cc1)C(=O)c1ccc(F)cc1F. The van der Waals surface area contributed by atoms with Crippen LogP contribution in [0, 0.1) is 11.6 Å². The molecule has 0 N–H and O–H groups in total. The Balaban J connectivity index is 2.14. The summed E-state index contributed by atoms with van der Waals surface area (Å²) in [5, 5.41) is 0.133. The molecule has 1 nitrogen and oxygen atoms in total. The highest BCUT2D eigenvalue weighted by Gasteiger charge is 2.20. The Morgan fingerprint density at radius 3 is 2.40 bits per heavy atom. The number of benzene rings is 2. The van der Waals surface area contributed by atoms with Gasteiger partial charge in [-0.3, -0.25) is 4.79 Å². The standard InChI is InChI=1S/C15H11ClF2OS/c1-9(20-12-5-2-10(16)3-6-12)15(19)13-7-4-11(17)8-14(13)18/h2-9H,1H3. The number of Topliss-reactive ketones (excluding diaryl/α,β-unsaturated/α-hetero) is 1. The van der Waals surface area contributed by atoms with Gasteiger partial charge in [0.05, 0.1) is 10.8 Å². The molecule has 0 saturated heterocycles. The maximum absolute atomic E-state index is 13.6. The fourth-order valence-corrected chi connectivity index (χ4v) is 2.74. The van der Waals surface area contributed by atoms with Crippen LogP contribution in [0.15, 0.2) is 47.4 Å². The predicted molar refractivity (Wildman–Crippen MR) is 77.5 cm³/mol. The highest BCUT2D eigenvalue weighted by Crippen LogP contribution is 2.27. The van der Waals surface area contributed by atoms with Crippen LogP contribution in [-0.2, 0) is 0 Å². The van der Waals surface area contributed by atoms with Crippen LogP contribution in [0.25, 0.3) is 0 Å². The third kappa shape index (κ3) is 3.58. The minimum Gasteiger partial charge on any atom is -0.293 e. The normalized spacial score (nSPS) is 12.2. The summed E-state index contributed by atoms with van der Waals surface area (Å²) in [6.07, 6.45) is 0. The van der Waals surface area contributed by atoms with Crippen LogP contribution in [0.4, 0.5) is 8.78 Å². The molecule has 0 heterocycles. The summed E-state index contributed by atoms with van der Waals surface area (Å²) in [4.78, 5) is 13.0. The molecule has 2 aromatic carbocycles. The third-order valence-electron chi connectivity index (χ3n) is 2.69. The molecule has 2 rings (SSSR count). The van der Waals surface area contributed by atoms with E-state index in [0.29, 0.717) is 11.1 Å². The van der Waals surface area contributed by atoms with Gasteiger partial charge in [-0.2, -0.15) is 0 Å². The molecular formula is C15H11ClF2OS. The van der Waals surface area contributed by atoms with Crippen molar-refractivity contribution in [2.75, 3.05) is 0 Å². The van der Waals surface area contributed by atoms with Gasteiger partial charge in [-0.1, -0.05) is 11.6 Å². The van der Waals surface area contributed by atoms with Crippen molar-refractivity contribution >= 4 is 29.1 Å². The van der Waals surface area contributed by atoms with E-state index in [9.17, 15) is 13.6 Å². The maximum atomic E-state index is 13.6. The lowest BCUT2D eigenvalue weighted by Crippen LogP contribution is -2.15. The predicted octanol–water partition coefficient (Wildman–Crippen LogP) is 4.98. The first kappa shape index (κ1) is 15.0.